The van der Waals surface area contributed by atoms with Crippen molar-refractivity contribution in [1.82, 2.24) is 0 Å². The predicted molar refractivity (Wildman–Crippen MR) is 84.3 cm³/mol. The number of hydrogen-bond donors (Lipinski definition) is 3. The number of nitrogens with one attached hydrogen (secondary N) is 1. The van der Waals surface area contributed by atoms with Crippen LogP contribution < -0.4 is 10.1 Å². The van der Waals surface area contributed by atoms with Gasteiger partial charge in [-0.05, 0) is 38.1 Å². The van der Waals surface area contributed by atoms with Gasteiger partial charge in [0.1, 0.15) is 5.75 Å². The van der Waals surface area contributed by atoms with E-state index in [1.54, 1.807) is 24.3 Å². The van der Waals surface area contributed by atoms with Gasteiger partial charge in [0.05, 0.1) is 11.1 Å². The summed E-state index contributed by atoms with van der Waals surface area (Å²) in [6, 6.07) is 10.3. The number of ether oxygens (including phenoxy) is 1. The number of aromatic hydroxyl groups is 2. The summed E-state index contributed by atoms with van der Waals surface area (Å²) in [5.74, 6) is 0.390. The average molecular weight is 308 g/mol. The number of benzene rings is 2. The molecular weight excluding hydrogens is 290 g/mol. The lowest BCUT2D eigenvalue weighted by molar-refractivity contribution is 0.242. The third-order valence-electron chi connectivity index (χ3n) is 2.88. The van der Waals surface area contributed by atoms with E-state index in [-0.39, 0.29) is 17.6 Å². The number of anilines is 1. The molecule has 0 heterocycles. The number of phenols is 2. The van der Waals surface area contributed by atoms with Gasteiger partial charge in [0.2, 0.25) is 0 Å². The first-order chi connectivity index (χ1) is 9.97. The summed E-state index contributed by atoms with van der Waals surface area (Å²) in [6.45, 7) is 4.25. The lowest BCUT2D eigenvalue weighted by Crippen LogP contribution is -2.06. The molecule has 21 heavy (non-hydrogen) atoms. The van der Waals surface area contributed by atoms with Crippen LogP contribution in [0, 0.1) is 0 Å². The van der Waals surface area contributed by atoms with Crippen LogP contribution in [0.3, 0.4) is 0 Å². The number of para-hydroxylation sites is 1. The normalized spacial score (nSPS) is 10.7. The van der Waals surface area contributed by atoms with Crippen molar-refractivity contribution in [2.45, 2.75) is 26.5 Å². The van der Waals surface area contributed by atoms with Crippen LogP contribution in [0.2, 0.25) is 5.02 Å². The molecule has 0 unspecified atom stereocenters. The monoisotopic (exact) mass is 307 g/mol. The first-order valence-corrected chi connectivity index (χ1v) is 7.05. The Hall–Kier alpha value is -2.07. The van der Waals surface area contributed by atoms with Gasteiger partial charge in [-0.15, -0.1) is 0 Å². The Bertz CT molecular complexity index is 629. The predicted octanol–water partition coefficient (Wildman–Crippen LogP) is 4.15. The Balaban J connectivity index is 2.07. The second kappa shape index (κ2) is 6.59. The summed E-state index contributed by atoms with van der Waals surface area (Å²) in [6.07, 6.45) is 0.0607. The molecular formula is C16H18ClNO3. The van der Waals surface area contributed by atoms with Crippen molar-refractivity contribution in [3.8, 4) is 17.2 Å². The van der Waals surface area contributed by atoms with E-state index in [1.807, 2.05) is 19.9 Å². The number of rotatable bonds is 5. The highest BCUT2D eigenvalue weighted by atomic mass is 35.5. The SMILES string of the molecule is CC(C)Oc1ccc(NCc2cccc(O)c2O)cc1Cl. The molecule has 0 aliphatic rings. The standard InChI is InChI=1S/C16H18ClNO3/c1-10(2)21-15-7-6-12(8-13(15)17)18-9-11-4-3-5-14(19)16(11)20/h3-8,10,18-20H,9H2,1-2H3. The minimum absolute atomic E-state index is 0.0607. The second-order valence-electron chi connectivity index (χ2n) is 4.95. The third kappa shape index (κ3) is 3.95. The number of halogens is 1. The molecule has 0 amide bonds. The fraction of sp³-hybridized carbons (Fsp3) is 0.250. The van der Waals surface area contributed by atoms with Crippen LogP contribution in [-0.4, -0.2) is 16.3 Å². The van der Waals surface area contributed by atoms with Crippen molar-refractivity contribution < 1.29 is 14.9 Å². The van der Waals surface area contributed by atoms with E-state index in [4.69, 9.17) is 16.3 Å². The molecule has 3 N–H and O–H groups in total. The van der Waals surface area contributed by atoms with Gasteiger partial charge in [0.15, 0.2) is 11.5 Å². The maximum absolute atomic E-state index is 9.74. The molecule has 0 radical (unpaired) electrons. The van der Waals surface area contributed by atoms with Crippen molar-refractivity contribution in [2.24, 2.45) is 0 Å². The Labute approximate surface area is 129 Å². The summed E-state index contributed by atoms with van der Waals surface area (Å²) in [5, 5.41) is 22.8. The molecule has 112 valence electrons. The summed E-state index contributed by atoms with van der Waals surface area (Å²) < 4.78 is 5.56. The lowest BCUT2D eigenvalue weighted by Gasteiger charge is -2.13. The minimum Gasteiger partial charge on any atom is -0.504 e. The molecule has 0 atom stereocenters. The highest BCUT2D eigenvalue weighted by molar-refractivity contribution is 6.32. The van der Waals surface area contributed by atoms with Gasteiger partial charge >= 0.3 is 0 Å². The second-order valence-corrected chi connectivity index (χ2v) is 5.36. The van der Waals surface area contributed by atoms with Crippen molar-refractivity contribution in [3.63, 3.8) is 0 Å². The Morgan fingerprint density at radius 2 is 1.95 bits per heavy atom. The molecule has 2 aromatic carbocycles. The van der Waals surface area contributed by atoms with E-state index in [0.29, 0.717) is 22.9 Å². The van der Waals surface area contributed by atoms with E-state index >= 15 is 0 Å². The van der Waals surface area contributed by atoms with Crippen LogP contribution >= 0.6 is 11.6 Å². The van der Waals surface area contributed by atoms with Crippen molar-refractivity contribution >= 4 is 17.3 Å². The Kier molecular flexibility index (Phi) is 4.81. The minimum atomic E-state index is -0.131. The molecule has 0 aliphatic heterocycles. The Morgan fingerprint density at radius 3 is 2.62 bits per heavy atom. The van der Waals surface area contributed by atoms with Crippen LogP contribution in [0.1, 0.15) is 19.4 Å². The van der Waals surface area contributed by atoms with Gasteiger partial charge in [0.25, 0.3) is 0 Å². The van der Waals surface area contributed by atoms with Crippen molar-refractivity contribution in [1.29, 1.82) is 0 Å². The zero-order valence-electron chi connectivity index (χ0n) is 11.9. The lowest BCUT2D eigenvalue weighted by atomic mass is 10.2. The number of phenolic OH excluding ortho intramolecular Hbond substituents is 2. The third-order valence-corrected chi connectivity index (χ3v) is 3.17. The van der Waals surface area contributed by atoms with Crippen LogP contribution in [0.5, 0.6) is 17.2 Å². The molecule has 0 saturated heterocycles. The summed E-state index contributed by atoms with van der Waals surface area (Å²) in [7, 11) is 0. The van der Waals surface area contributed by atoms with E-state index in [1.165, 1.54) is 6.07 Å². The maximum atomic E-state index is 9.74. The highest BCUT2D eigenvalue weighted by Gasteiger charge is 2.07. The highest BCUT2D eigenvalue weighted by Crippen LogP contribution is 2.31. The van der Waals surface area contributed by atoms with Gasteiger partial charge in [-0.2, -0.15) is 0 Å². The zero-order chi connectivity index (χ0) is 15.4. The molecule has 0 bridgehead atoms. The van der Waals surface area contributed by atoms with Gasteiger partial charge in [-0.25, -0.2) is 0 Å². The molecule has 0 aromatic heterocycles. The first kappa shape index (κ1) is 15.3. The van der Waals surface area contributed by atoms with Crippen molar-refractivity contribution in [2.75, 3.05) is 5.32 Å². The van der Waals surface area contributed by atoms with Crippen LogP contribution in [0.25, 0.3) is 0 Å². The van der Waals surface area contributed by atoms with Crippen LogP contribution in [-0.2, 0) is 6.54 Å². The topological polar surface area (TPSA) is 61.7 Å². The molecule has 5 heteroatoms. The van der Waals surface area contributed by atoms with Crippen LogP contribution in [0.15, 0.2) is 36.4 Å². The average Bonchev–Trinajstić information content (AvgIpc) is 2.43. The quantitative estimate of drug-likeness (QED) is 0.726. The van der Waals surface area contributed by atoms with Gasteiger partial charge < -0.3 is 20.3 Å². The van der Waals surface area contributed by atoms with E-state index < -0.39 is 0 Å². The van der Waals surface area contributed by atoms with Gasteiger partial charge in [-0.3, -0.25) is 0 Å². The van der Waals surface area contributed by atoms with Crippen molar-refractivity contribution in [3.05, 3.63) is 47.0 Å². The number of hydrogen-bond acceptors (Lipinski definition) is 4. The molecule has 0 saturated carbocycles. The molecule has 2 aromatic rings. The summed E-state index contributed by atoms with van der Waals surface area (Å²) in [4.78, 5) is 0. The first-order valence-electron chi connectivity index (χ1n) is 6.67. The van der Waals surface area contributed by atoms with Gasteiger partial charge in [-0.1, -0.05) is 23.7 Å². The summed E-state index contributed by atoms with van der Waals surface area (Å²) >= 11 is 6.16. The van der Waals surface area contributed by atoms with Crippen LogP contribution in [0.4, 0.5) is 5.69 Å². The van der Waals surface area contributed by atoms with E-state index in [2.05, 4.69) is 5.32 Å². The fourth-order valence-corrected chi connectivity index (χ4v) is 2.10. The summed E-state index contributed by atoms with van der Waals surface area (Å²) in [5.41, 5.74) is 1.41. The maximum Gasteiger partial charge on any atom is 0.162 e. The van der Waals surface area contributed by atoms with E-state index in [0.717, 1.165) is 5.69 Å². The van der Waals surface area contributed by atoms with E-state index in [9.17, 15) is 10.2 Å². The molecule has 0 spiro atoms. The Morgan fingerprint density at radius 1 is 1.19 bits per heavy atom. The molecule has 2 rings (SSSR count). The molecule has 0 aliphatic carbocycles. The molecule has 0 fully saturated rings. The van der Waals surface area contributed by atoms with Gasteiger partial charge in [0, 0.05) is 17.8 Å². The smallest absolute Gasteiger partial charge is 0.162 e. The fourth-order valence-electron chi connectivity index (χ4n) is 1.88. The zero-order valence-corrected chi connectivity index (χ0v) is 12.7. The molecule has 4 nitrogen and oxygen atoms in total. The largest absolute Gasteiger partial charge is 0.504 e.